The summed E-state index contributed by atoms with van der Waals surface area (Å²) in [5.74, 6) is 6.16. The van der Waals surface area contributed by atoms with Crippen molar-refractivity contribution in [2.75, 3.05) is 5.33 Å². The summed E-state index contributed by atoms with van der Waals surface area (Å²) >= 11 is 3.33. The van der Waals surface area contributed by atoms with Crippen molar-refractivity contribution in [1.82, 2.24) is 0 Å². The zero-order chi connectivity index (χ0) is 10.4. The third kappa shape index (κ3) is 2.87. The fourth-order valence-electron chi connectivity index (χ4n) is 1.20. The predicted octanol–water partition coefficient (Wildman–Crippen LogP) is 2.62. The van der Waals surface area contributed by atoms with Crippen LogP contribution in [0.4, 0.5) is 0 Å². The van der Waals surface area contributed by atoms with E-state index in [0.29, 0.717) is 0 Å². The predicted molar refractivity (Wildman–Crippen MR) is 62.4 cm³/mol. The maximum Gasteiger partial charge on any atom is 0.0684 e. The fraction of sp³-hybridized carbons (Fsp3) is 0.333. The number of rotatable bonds is 2. The maximum absolute atomic E-state index is 9.06. The Morgan fingerprint density at radius 2 is 2.21 bits per heavy atom. The molecule has 0 aromatic heterocycles. The molecule has 0 saturated carbocycles. The number of hydrogen-bond acceptors (Lipinski definition) is 1. The van der Waals surface area contributed by atoms with Crippen LogP contribution in [0.25, 0.3) is 0 Å². The highest BCUT2D eigenvalue weighted by atomic mass is 79.9. The minimum atomic E-state index is 0.0831. The van der Waals surface area contributed by atoms with Gasteiger partial charge < -0.3 is 5.11 Å². The second-order valence-electron chi connectivity index (χ2n) is 2.99. The molecule has 0 bridgehead atoms. The van der Waals surface area contributed by atoms with Crippen LogP contribution in [0.2, 0.25) is 0 Å². The van der Waals surface area contributed by atoms with E-state index >= 15 is 0 Å². The Balaban J connectivity index is 2.94. The van der Waals surface area contributed by atoms with Crippen LogP contribution in [0.1, 0.15) is 23.1 Å². The lowest BCUT2D eigenvalue weighted by molar-refractivity contribution is 0.281. The molecule has 0 unspecified atom stereocenters. The van der Waals surface area contributed by atoms with Crippen LogP contribution in [0.3, 0.4) is 0 Å². The van der Waals surface area contributed by atoms with Gasteiger partial charge in [-0.1, -0.05) is 39.9 Å². The van der Waals surface area contributed by atoms with Crippen molar-refractivity contribution in [3.63, 3.8) is 0 Å². The van der Waals surface area contributed by atoms with Crippen molar-refractivity contribution in [3.8, 4) is 11.8 Å². The zero-order valence-corrected chi connectivity index (χ0v) is 9.76. The van der Waals surface area contributed by atoms with Crippen molar-refractivity contribution < 1.29 is 5.11 Å². The molecule has 0 aliphatic heterocycles. The van der Waals surface area contributed by atoms with Crippen LogP contribution < -0.4 is 0 Å². The Morgan fingerprint density at radius 3 is 2.86 bits per heavy atom. The van der Waals surface area contributed by atoms with E-state index in [0.717, 1.165) is 28.4 Å². The zero-order valence-electron chi connectivity index (χ0n) is 8.18. The minimum absolute atomic E-state index is 0.0831. The molecule has 2 heteroatoms. The Morgan fingerprint density at radius 1 is 1.43 bits per heavy atom. The van der Waals surface area contributed by atoms with Gasteiger partial charge in [0.15, 0.2) is 0 Å². The third-order valence-electron chi connectivity index (χ3n) is 2.06. The van der Waals surface area contributed by atoms with Gasteiger partial charge in [-0.05, 0) is 24.1 Å². The van der Waals surface area contributed by atoms with Gasteiger partial charge in [-0.3, -0.25) is 0 Å². The molecule has 0 saturated heterocycles. The standard InChI is InChI=1S/C12H13BrO/c1-10-11(5-2-3-8-13)6-4-7-12(10)9-14/h4,6-7,14H,3,8-9H2,1H3. The van der Waals surface area contributed by atoms with E-state index in [1.807, 2.05) is 25.1 Å². The second-order valence-corrected chi connectivity index (χ2v) is 3.78. The Bertz CT molecular complexity index is 360. The number of aliphatic hydroxyl groups is 1. The van der Waals surface area contributed by atoms with E-state index in [1.54, 1.807) is 0 Å². The highest BCUT2D eigenvalue weighted by molar-refractivity contribution is 9.09. The van der Waals surface area contributed by atoms with E-state index in [9.17, 15) is 0 Å². The summed E-state index contributed by atoms with van der Waals surface area (Å²) in [6.45, 7) is 2.07. The normalized spacial score (nSPS) is 9.36. The van der Waals surface area contributed by atoms with Gasteiger partial charge in [-0.15, -0.1) is 0 Å². The number of hydrogen-bond donors (Lipinski definition) is 1. The van der Waals surface area contributed by atoms with Gasteiger partial charge in [-0.2, -0.15) is 0 Å². The second kappa shape index (κ2) is 5.85. The number of halogens is 1. The van der Waals surface area contributed by atoms with Crippen LogP contribution in [-0.2, 0) is 6.61 Å². The van der Waals surface area contributed by atoms with Crippen LogP contribution in [0.5, 0.6) is 0 Å². The summed E-state index contributed by atoms with van der Waals surface area (Å²) in [6.07, 6.45) is 0.850. The van der Waals surface area contributed by atoms with Crippen molar-refractivity contribution in [1.29, 1.82) is 0 Å². The summed E-state index contributed by atoms with van der Waals surface area (Å²) in [5.41, 5.74) is 3.05. The lowest BCUT2D eigenvalue weighted by Crippen LogP contribution is -1.91. The Hall–Kier alpha value is -0.780. The van der Waals surface area contributed by atoms with E-state index in [2.05, 4.69) is 27.8 Å². The molecular weight excluding hydrogens is 240 g/mol. The smallest absolute Gasteiger partial charge is 0.0684 e. The van der Waals surface area contributed by atoms with E-state index in [4.69, 9.17) is 5.11 Å². The highest BCUT2D eigenvalue weighted by Crippen LogP contribution is 2.12. The van der Waals surface area contributed by atoms with E-state index in [-0.39, 0.29) is 6.61 Å². The van der Waals surface area contributed by atoms with E-state index < -0.39 is 0 Å². The van der Waals surface area contributed by atoms with Gasteiger partial charge in [0.1, 0.15) is 0 Å². The largest absolute Gasteiger partial charge is 0.392 e. The first-order valence-corrected chi connectivity index (χ1v) is 5.66. The molecule has 0 aliphatic rings. The average Bonchev–Trinajstić information content (AvgIpc) is 2.21. The van der Waals surface area contributed by atoms with Crippen LogP contribution >= 0.6 is 15.9 Å². The van der Waals surface area contributed by atoms with Crippen LogP contribution in [-0.4, -0.2) is 10.4 Å². The van der Waals surface area contributed by atoms with Crippen molar-refractivity contribution >= 4 is 15.9 Å². The molecule has 1 aromatic carbocycles. The first-order chi connectivity index (χ1) is 6.79. The summed E-state index contributed by atoms with van der Waals surface area (Å²) in [4.78, 5) is 0. The molecule has 1 rings (SSSR count). The molecule has 1 N–H and O–H groups in total. The lowest BCUT2D eigenvalue weighted by Gasteiger charge is -2.03. The molecule has 1 aromatic rings. The van der Waals surface area contributed by atoms with Gasteiger partial charge in [-0.25, -0.2) is 0 Å². The van der Waals surface area contributed by atoms with Crippen LogP contribution in [0, 0.1) is 18.8 Å². The maximum atomic E-state index is 9.06. The molecule has 0 fully saturated rings. The fourth-order valence-corrected chi connectivity index (χ4v) is 1.39. The SMILES string of the molecule is Cc1c(C#CCCBr)cccc1CO. The molecular formula is C12H13BrO. The molecule has 0 aliphatic carbocycles. The molecule has 74 valence electrons. The summed E-state index contributed by atoms with van der Waals surface area (Å²) < 4.78 is 0. The average molecular weight is 253 g/mol. The molecule has 1 nitrogen and oxygen atoms in total. The monoisotopic (exact) mass is 252 g/mol. The van der Waals surface area contributed by atoms with Gasteiger partial charge in [0.25, 0.3) is 0 Å². The van der Waals surface area contributed by atoms with Gasteiger partial charge in [0.05, 0.1) is 6.61 Å². The molecule has 14 heavy (non-hydrogen) atoms. The summed E-state index contributed by atoms with van der Waals surface area (Å²) in [7, 11) is 0. The Kier molecular flexibility index (Phi) is 4.72. The summed E-state index contributed by atoms with van der Waals surface area (Å²) in [5, 5.41) is 9.96. The van der Waals surface area contributed by atoms with Gasteiger partial charge in [0.2, 0.25) is 0 Å². The summed E-state index contributed by atoms with van der Waals surface area (Å²) in [6, 6.07) is 5.83. The van der Waals surface area contributed by atoms with Gasteiger partial charge >= 0.3 is 0 Å². The van der Waals surface area contributed by atoms with Crippen molar-refractivity contribution in [3.05, 3.63) is 34.9 Å². The first-order valence-electron chi connectivity index (χ1n) is 4.53. The van der Waals surface area contributed by atoms with Crippen molar-refractivity contribution in [2.24, 2.45) is 0 Å². The lowest BCUT2D eigenvalue weighted by atomic mass is 10.0. The highest BCUT2D eigenvalue weighted by Gasteiger charge is 1.99. The number of benzene rings is 1. The third-order valence-corrected chi connectivity index (χ3v) is 2.46. The van der Waals surface area contributed by atoms with Crippen LogP contribution in [0.15, 0.2) is 18.2 Å². The molecule has 0 radical (unpaired) electrons. The van der Waals surface area contributed by atoms with Gasteiger partial charge in [0, 0.05) is 17.3 Å². The number of alkyl halides is 1. The topological polar surface area (TPSA) is 20.2 Å². The first kappa shape index (κ1) is 11.3. The number of aliphatic hydroxyl groups excluding tert-OH is 1. The molecule has 0 atom stereocenters. The molecule has 0 heterocycles. The molecule has 0 spiro atoms. The quantitative estimate of drug-likeness (QED) is 0.634. The van der Waals surface area contributed by atoms with E-state index in [1.165, 1.54) is 0 Å². The molecule has 0 amide bonds. The minimum Gasteiger partial charge on any atom is -0.392 e. The Labute approximate surface area is 93.3 Å². The van der Waals surface area contributed by atoms with Crippen molar-refractivity contribution in [2.45, 2.75) is 20.0 Å².